The van der Waals surface area contributed by atoms with Crippen LogP contribution < -0.4 is 4.90 Å². The predicted molar refractivity (Wildman–Crippen MR) is 57.9 cm³/mol. The summed E-state index contributed by atoms with van der Waals surface area (Å²) in [5.41, 5.74) is 2.13. The van der Waals surface area contributed by atoms with Crippen LogP contribution in [0.3, 0.4) is 0 Å². The molecule has 1 aromatic carbocycles. The second kappa shape index (κ2) is 4.00. The molecule has 1 heteroatoms. The molecule has 0 spiro atoms. The summed E-state index contributed by atoms with van der Waals surface area (Å²) >= 11 is 0. The molecule has 0 aliphatic heterocycles. The van der Waals surface area contributed by atoms with Crippen molar-refractivity contribution in [3.63, 3.8) is 0 Å². The zero-order valence-corrected chi connectivity index (χ0v) is 8.41. The molecule has 1 nitrogen and oxygen atoms in total. The normalized spacial score (nSPS) is 9.77. The topological polar surface area (TPSA) is 3.24 Å². The van der Waals surface area contributed by atoms with Crippen molar-refractivity contribution in [1.29, 1.82) is 0 Å². The van der Waals surface area contributed by atoms with Gasteiger partial charge in [-0.2, -0.15) is 0 Å². The largest absolute Gasteiger partial charge is 0.372 e. The highest BCUT2D eigenvalue weighted by atomic mass is 15.1. The minimum Gasteiger partial charge on any atom is -0.372 e. The van der Waals surface area contributed by atoms with Crippen LogP contribution in [0.5, 0.6) is 0 Å². The molecule has 0 aliphatic rings. The minimum atomic E-state index is 0.511. The first-order chi connectivity index (χ1) is 6.15. The second-order valence-corrected chi connectivity index (χ2v) is 3.40. The molecule has 0 saturated carbocycles. The van der Waals surface area contributed by atoms with Crippen molar-refractivity contribution in [2.75, 3.05) is 11.9 Å². The fourth-order valence-corrected chi connectivity index (χ4v) is 1.09. The van der Waals surface area contributed by atoms with E-state index in [9.17, 15) is 0 Å². The first-order valence-corrected chi connectivity index (χ1v) is 4.44. The Labute approximate surface area is 80.4 Å². The van der Waals surface area contributed by atoms with Gasteiger partial charge in [-0.3, -0.25) is 0 Å². The van der Waals surface area contributed by atoms with Gasteiger partial charge in [-0.25, -0.2) is 0 Å². The Balaban J connectivity index is 2.87. The average molecular weight is 173 g/mol. The van der Waals surface area contributed by atoms with Crippen LogP contribution in [-0.4, -0.2) is 13.1 Å². The van der Waals surface area contributed by atoms with Gasteiger partial charge in [0.15, 0.2) is 0 Å². The lowest BCUT2D eigenvalue weighted by Crippen LogP contribution is -2.25. The van der Waals surface area contributed by atoms with Gasteiger partial charge >= 0.3 is 0 Å². The van der Waals surface area contributed by atoms with E-state index in [4.69, 9.17) is 6.42 Å². The van der Waals surface area contributed by atoms with Crippen molar-refractivity contribution in [3.8, 4) is 12.3 Å². The lowest BCUT2D eigenvalue weighted by atomic mass is 10.2. The molecule has 0 fully saturated rings. The summed E-state index contributed by atoms with van der Waals surface area (Å²) in [7, 11) is 2.08. The molecule has 0 amide bonds. The third kappa shape index (κ3) is 2.26. The van der Waals surface area contributed by atoms with E-state index < -0.39 is 0 Å². The Hall–Kier alpha value is -1.42. The molecule has 0 unspecified atom stereocenters. The molecule has 0 atom stereocenters. The number of nitrogens with zero attached hydrogens (tertiary/aromatic N) is 1. The molecule has 0 saturated heterocycles. The molecule has 0 bridgehead atoms. The maximum Gasteiger partial charge on any atom is 0.0366 e. The van der Waals surface area contributed by atoms with Crippen LogP contribution in [0.4, 0.5) is 5.69 Å². The number of terminal acetylenes is 1. The Bertz CT molecular complexity index is 303. The van der Waals surface area contributed by atoms with Crippen LogP contribution in [0.1, 0.15) is 19.4 Å². The monoisotopic (exact) mass is 173 g/mol. The van der Waals surface area contributed by atoms with Gasteiger partial charge in [0.05, 0.1) is 0 Å². The summed E-state index contributed by atoms with van der Waals surface area (Å²) in [5, 5.41) is 0. The highest BCUT2D eigenvalue weighted by Crippen LogP contribution is 2.15. The van der Waals surface area contributed by atoms with Crippen LogP contribution in [0.15, 0.2) is 24.3 Å². The van der Waals surface area contributed by atoms with Crippen LogP contribution in [-0.2, 0) is 0 Å². The number of anilines is 1. The van der Waals surface area contributed by atoms with Crippen LogP contribution in [0.25, 0.3) is 0 Å². The smallest absolute Gasteiger partial charge is 0.0366 e. The fraction of sp³-hybridized carbons (Fsp3) is 0.333. The molecular weight excluding hydrogens is 158 g/mol. The number of hydrogen-bond acceptors (Lipinski definition) is 1. The predicted octanol–water partition coefficient (Wildman–Crippen LogP) is 2.51. The third-order valence-electron chi connectivity index (χ3n) is 2.22. The summed E-state index contributed by atoms with van der Waals surface area (Å²) in [4.78, 5) is 2.21. The highest BCUT2D eigenvalue weighted by molar-refractivity contribution is 5.50. The van der Waals surface area contributed by atoms with Crippen LogP contribution in [0, 0.1) is 12.3 Å². The van der Waals surface area contributed by atoms with Crippen molar-refractivity contribution < 1.29 is 0 Å². The van der Waals surface area contributed by atoms with Crippen molar-refractivity contribution in [2.45, 2.75) is 19.9 Å². The maximum absolute atomic E-state index is 5.27. The van der Waals surface area contributed by atoms with Crippen molar-refractivity contribution in [2.24, 2.45) is 0 Å². The van der Waals surface area contributed by atoms with E-state index in [1.165, 1.54) is 5.69 Å². The van der Waals surface area contributed by atoms with Crippen LogP contribution >= 0.6 is 0 Å². The quantitative estimate of drug-likeness (QED) is 0.621. The van der Waals surface area contributed by atoms with Crippen molar-refractivity contribution in [1.82, 2.24) is 0 Å². The summed E-state index contributed by atoms with van der Waals surface area (Å²) in [6.45, 7) is 4.32. The first kappa shape index (κ1) is 9.67. The molecule has 0 N–H and O–H groups in total. The Morgan fingerprint density at radius 3 is 2.15 bits per heavy atom. The second-order valence-electron chi connectivity index (χ2n) is 3.40. The molecule has 0 aliphatic carbocycles. The van der Waals surface area contributed by atoms with Gasteiger partial charge in [0, 0.05) is 24.3 Å². The van der Waals surface area contributed by atoms with E-state index in [0.717, 1.165) is 5.56 Å². The molecular formula is C12H15N. The summed E-state index contributed by atoms with van der Waals surface area (Å²) < 4.78 is 0. The molecule has 68 valence electrons. The summed E-state index contributed by atoms with van der Waals surface area (Å²) in [6, 6.07) is 8.55. The molecule has 0 heterocycles. The molecule has 0 radical (unpaired) electrons. The standard InChI is InChI=1S/C12H15N/c1-5-11-6-8-12(9-7-11)13(4)10(2)3/h1,6-10H,2-4H3. The highest BCUT2D eigenvalue weighted by Gasteiger charge is 2.03. The van der Waals surface area contributed by atoms with E-state index in [1.807, 2.05) is 12.1 Å². The van der Waals surface area contributed by atoms with E-state index in [0.29, 0.717) is 6.04 Å². The SMILES string of the molecule is C#Cc1ccc(N(C)C(C)C)cc1. The lowest BCUT2D eigenvalue weighted by molar-refractivity contribution is 0.755. The first-order valence-electron chi connectivity index (χ1n) is 4.44. The minimum absolute atomic E-state index is 0.511. The Morgan fingerprint density at radius 1 is 1.23 bits per heavy atom. The number of rotatable bonds is 2. The van der Waals surface area contributed by atoms with E-state index >= 15 is 0 Å². The van der Waals surface area contributed by atoms with Crippen LogP contribution in [0.2, 0.25) is 0 Å². The van der Waals surface area contributed by atoms with Gasteiger partial charge in [0.2, 0.25) is 0 Å². The fourth-order valence-electron chi connectivity index (χ4n) is 1.09. The van der Waals surface area contributed by atoms with Gasteiger partial charge in [-0.05, 0) is 38.1 Å². The molecule has 0 aromatic heterocycles. The van der Waals surface area contributed by atoms with E-state index in [-0.39, 0.29) is 0 Å². The average Bonchev–Trinajstić information content (AvgIpc) is 2.17. The maximum atomic E-state index is 5.27. The zero-order valence-electron chi connectivity index (χ0n) is 8.41. The van der Waals surface area contributed by atoms with Gasteiger partial charge in [-0.1, -0.05) is 5.92 Å². The van der Waals surface area contributed by atoms with Gasteiger partial charge in [-0.15, -0.1) is 6.42 Å². The van der Waals surface area contributed by atoms with Gasteiger partial charge < -0.3 is 4.90 Å². The van der Waals surface area contributed by atoms with E-state index in [1.54, 1.807) is 0 Å². The number of benzene rings is 1. The Morgan fingerprint density at radius 2 is 1.77 bits per heavy atom. The lowest BCUT2D eigenvalue weighted by Gasteiger charge is -2.23. The van der Waals surface area contributed by atoms with Gasteiger partial charge in [0.25, 0.3) is 0 Å². The number of hydrogen-bond donors (Lipinski definition) is 0. The van der Waals surface area contributed by atoms with E-state index in [2.05, 4.69) is 43.8 Å². The molecule has 13 heavy (non-hydrogen) atoms. The molecule has 1 aromatic rings. The summed E-state index contributed by atoms with van der Waals surface area (Å²) in [5.74, 6) is 2.60. The van der Waals surface area contributed by atoms with Gasteiger partial charge in [0.1, 0.15) is 0 Å². The summed E-state index contributed by atoms with van der Waals surface area (Å²) in [6.07, 6.45) is 5.27. The zero-order chi connectivity index (χ0) is 9.84. The Kier molecular flexibility index (Phi) is 2.97. The third-order valence-corrected chi connectivity index (χ3v) is 2.22. The van der Waals surface area contributed by atoms with Crippen molar-refractivity contribution >= 4 is 5.69 Å². The van der Waals surface area contributed by atoms with Crippen molar-refractivity contribution in [3.05, 3.63) is 29.8 Å². The molecule has 1 rings (SSSR count).